The molecule has 2 amide bonds. The maximum atomic E-state index is 12.2. The largest absolute Gasteiger partial charge is 0.295 e. The van der Waals surface area contributed by atoms with E-state index in [1.807, 2.05) is 45.0 Å². The Morgan fingerprint density at radius 1 is 1.05 bits per heavy atom. The molecule has 1 aliphatic heterocycles. The molecular formula is C15H19N3O2. The van der Waals surface area contributed by atoms with Crippen LogP contribution < -0.4 is 10.6 Å². The van der Waals surface area contributed by atoms with Gasteiger partial charge in [-0.15, -0.1) is 0 Å². The molecule has 20 heavy (non-hydrogen) atoms. The van der Waals surface area contributed by atoms with Gasteiger partial charge < -0.3 is 0 Å². The van der Waals surface area contributed by atoms with Gasteiger partial charge in [-0.1, -0.05) is 32.0 Å². The zero-order valence-electron chi connectivity index (χ0n) is 12.0. The van der Waals surface area contributed by atoms with Crippen LogP contribution >= 0.6 is 0 Å². The molecule has 1 aliphatic rings. The molecule has 5 heteroatoms. The smallest absolute Gasteiger partial charge is 0.242 e. The standard InChI is InChI=1S/C15H19N3O2/c1-4-15(5-2)12(19)17-14(18-13(15)20)16-11-9-7-6-8-10(11)3/h6-9H,4-5H2,1-3H3,(H2,16,17,18,19,20). The van der Waals surface area contributed by atoms with Crippen molar-refractivity contribution in [2.24, 2.45) is 10.4 Å². The second kappa shape index (κ2) is 5.45. The number of nitrogens with zero attached hydrogens (tertiary/aromatic N) is 1. The van der Waals surface area contributed by atoms with Gasteiger partial charge in [0.1, 0.15) is 5.41 Å². The van der Waals surface area contributed by atoms with Crippen LogP contribution in [0.15, 0.2) is 29.3 Å². The van der Waals surface area contributed by atoms with Gasteiger partial charge in [-0.2, -0.15) is 0 Å². The summed E-state index contributed by atoms with van der Waals surface area (Å²) in [5.74, 6) is -0.357. The lowest BCUT2D eigenvalue weighted by Gasteiger charge is -2.33. The van der Waals surface area contributed by atoms with Gasteiger partial charge in [0.05, 0.1) is 5.69 Å². The van der Waals surface area contributed by atoms with Gasteiger partial charge in [-0.25, -0.2) is 4.99 Å². The molecule has 0 radical (unpaired) electrons. The summed E-state index contributed by atoms with van der Waals surface area (Å²) in [4.78, 5) is 28.7. The van der Waals surface area contributed by atoms with Crippen molar-refractivity contribution in [3.63, 3.8) is 0 Å². The minimum Gasteiger partial charge on any atom is -0.295 e. The van der Waals surface area contributed by atoms with Crippen molar-refractivity contribution in [1.82, 2.24) is 10.6 Å². The number of nitrogens with one attached hydrogen (secondary N) is 2. The summed E-state index contributed by atoms with van der Waals surface area (Å²) in [6.07, 6.45) is 0.942. The van der Waals surface area contributed by atoms with E-state index in [0.29, 0.717) is 12.8 Å². The van der Waals surface area contributed by atoms with E-state index in [4.69, 9.17) is 0 Å². The highest BCUT2D eigenvalue weighted by Gasteiger charge is 2.46. The van der Waals surface area contributed by atoms with Gasteiger partial charge in [0, 0.05) is 0 Å². The van der Waals surface area contributed by atoms with Crippen molar-refractivity contribution >= 4 is 23.5 Å². The zero-order valence-corrected chi connectivity index (χ0v) is 12.0. The van der Waals surface area contributed by atoms with E-state index in [2.05, 4.69) is 15.6 Å². The van der Waals surface area contributed by atoms with E-state index < -0.39 is 5.41 Å². The molecule has 5 nitrogen and oxygen atoms in total. The van der Waals surface area contributed by atoms with Crippen molar-refractivity contribution in [1.29, 1.82) is 0 Å². The van der Waals surface area contributed by atoms with E-state index >= 15 is 0 Å². The van der Waals surface area contributed by atoms with Crippen LogP contribution in [0.25, 0.3) is 0 Å². The first-order valence-electron chi connectivity index (χ1n) is 6.80. The predicted octanol–water partition coefficient (Wildman–Crippen LogP) is 2.03. The van der Waals surface area contributed by atoms with Crippen LogP contribution in [0.1, 0.15) is 32.3 Å². The van der Waals surface area contributed by atoms with Gasteiger partial charge in [0.15, 0.2) is 0 Å². The number of carbonyl (C=O) groups excluding carboxylic acids is 2. The molecule has 1 heterocycles. The molecule has 2 rings (SSSR count). The SMILES string of the molecule is CCC1(CC)C(=O)NC(=Nc2ccccc2C)NC1=O. The highest BCUT2D eigenvalue weighted by Crippen LogP contribution is 2.29. The molecule has 1 fully saturated rings. The summed E-state index contributed by atoms with van der Waals surface area (Å²) in [5.41, 5.74) is 0.722. The van der Waals surface area contributed by atoms with Crippen LogP contribution in [-0.4, -0.2) is 17.8 Å². The Balaban J connectivity index is 2.30. The van der Waals surface area contributed by atoms with E-state index in [9.17, 15) is 9.59 Å². The van der Waals surface area contributed by atoms with Crippen molar-refractivity contribution < 1.29 is 9.59 Å². The van der Waals surface area contributed by atoms with E-state index in [0.717, 1.165) is 11.3 Å². The number of aliphatic imine (C=N–C) groups is 1. The second-order valence-electron chi connectivity index (χ2n) is 4.94. The summed E-state index contributed by atoms with van der Waals surface area (Å²) < 4.78 is 0. The Hall–Kier alpha value is -2.17. The molecule has 0 unspecified atom stereocenters. The lowest BCUT2D eigenvalue weighted by atomic mass is 9.79. The van der Waals surface area contributed by atoms with Crippen LogP contribution in [0.4, 0.5) is 5.69 Å². The van der Waals surface area contributed by atoms with Crippen LogP contribution in [0.5, 0.6) is 0 Å². The Bertz CT molecular complexity index is 552. The quantitative estimate of drug-likeness (QED) is 0.827. The van der Waals surface area contributed by atoms with Gasteiger partial charge in [-0.05, 0) is 31.4 Å². The van der Waals surface area contributed by atoms with Crippen LogP contribution in [0, 0.1) is 12.3 Å². The first-order chi connectivity index (χ1) is 9.53. The lowest BCUT2D eigenvalue weighted by molar-refractivity contribution is -0.144. The number of aryl methyl sites for hydroxylation is 1. The first-order valence-corrected chi connectivity index (χ1v) is 6.80. The average Bonchev–Trinajstić information content (AvgIpc) is 2.42. The molecule has 0 spiro atoms. The third-order valence-corrected chi connectivity index (χ3v) is 3.89. The van der Waals surface area contributed by atoms with Gasteiger partial charge in [-0.3, -0.25) is 20.2 Å². The van der Waals surface area contributed by atoms with E-state index in [-0.39, 0.29) is 17.8 Å². The summed E-state index contributed by atoms with van der Waals surface area (Å²) in [6, 6.07) is 7.54. The minimum absolute atomic E-state index is 0.201. The zero-order chi connectivity index (χ0) is 14.8. The Morgan fingerprint density at radius 3 is 2.10 bits per heavy atom. The number of rotatable bonds is 3. The number of amides is 2. The van der Waals surface area contributed by atoms with Crippen molar-refractivity contribution in [2.75, 3.05) is 0 Å². The predicted molar refractivity (Wildman–Crippen MR) is 77.6 cm³/mol. The third-order valence-electron chi connectivity index (χ3n) is 3.89. The highest BCUT2D eigenvalue weighted by molar-refractivity contribution is 6.20. The summed E-state index contributed by atoms with van der Waals surface area (Å²) in [6.45, 7) is 5.60. The van der Waals surface area contributed by atoms with Crippen molar-refractivity contribution in [3.8, 4) is 0 Å². The number of benzene rings is 1. The van der Waals surface area contributed by atoms with Gasteiger partial charge in [0.25, 0.3) is 0 Å². The molecule has 0 aliphatic carbocycles. The number of guanidine groups is 1. The van der Waals surface area contributed by atoms with Crippen LogP contribution in [0.3, 0.4) is 0 Å². The first kappa shape index (κ1) is 14.2. The molecule has 0 atom stereocenters. The van der Waals surface area contributed by atoms with Gasteiger partial charge in [0.2, 0.25) is 17.8 Å². The normalized spacial score (nSPS) is 17.4. The number of hydrogen-bond donors (Lipinski definition) is 2. The Labute approximate surface area is 118 Å². The third kappa shape index (κ3) is 2.31. The maximum Gasteiger partial charge on any atom is 0.242 e. The Kier molecular flexibility index (Phi) is 3.88. The molecule has 0 aromatic heterocycles. The Morgan fingerprint density at radius 2 is 1.60 bits per heavy atom. The molecule has 1 saturated heterocycles. The fourth-order valence-electron chi connectivity index (χ4n) is 2.35. The molecule has 0 bridgehead atoms. The summed E-state index contributed by atoms with van der Waals surface area (Å²) >= 11 is 0. The number of hydrogen-bond acceptors (Lipinski definition) is 3. The van der Waals surface area contributed by atoms with Crippen molar-refractivity contribution in [3.05, 3.63) is 29.8 Å². The number of carbonyl (C=O) groups is 2. The summed E-state index contributed by atoms with van der Waals surface area (Å²) in [7, 11) is 0. The fourth-order valence-corrected chi connectivity index (χ4v) is 2.35. The highest BCUT2D eigenvalue weighted by atomic mass is 16.2. The minimum atomic E-state index is -0.981. The fraction of sp³-hybridized carbons (Fsp3) is 0.400. The van der Waals surface area contributed by atoms with E-state index in [1.54, 1.807) is 0 Å². The van der Waals surface area contributed by atoms with Crippen molar-refractivity contribution in [2.45, 2.75) is 33.6 Å². The topological polar surface area (TPSA) is 70.6 Å². The number of para-hydroxylation sites is 1. The molecular weight excluding hydrogens is 254 g/mol. The molecule has 1 aromatic carbocycles. The van der Waals surface area contributed by atoms with E-state index in [1.165, 1.54) is 0 Å². The molecule has 0 saturated carbocycles. The van der Waals surface area contributed by atoms with Crippen LogP contribution in [0.2, 0.25) is 0 Å². The summed E-state index contributed by atoms with van der Waals surface area (Å²) in [5, 5.41) is 5.39. The van der Waals surface area contributed by atoms with Gasteiger partial charge >= 0.3 is 0 Å². The average molecular weight is 273 g/mol. The second-order valence-corrected chi connectivity index (χ2v) is 4.94. The monoisotopic (exact) mass is 273 g/mol. The maximum absolute atomic E-state index is 12.2. The van der Waals surface area contributed by atoms with Crippen LogP contribution in [-0.2, 0) is 9.59 Å². The molecule has 1 aromatic rings. The molecule has 2 N–H and O–H groups in total. The molecule has 106 valence electrons. The lowest BCUT2D eigenvalue weighted by Crippen LogP contribution is -2.62.